The second-order valence-corrected chi connectivity index (χ2v) is 4.44. The van der Waals surface area contributed by atoms with Crippen molar-refractivity contribution in [2.24, 2.45) is 0 Å². The summed E-state index contributed by atoms with van der Waals surface area (Å²) in [6.07, 6.45) is 1.57. The normalized spacial score (nSPS) is 10.8. The summed E-state index contributed by atoms with van der Waals surface area (Å²) in [5.74, 6) is -2.39. The van der Waals surface area contributed by atoms with E-state index in [4.69, 9.17) is 5.73 Å². The van der Waals surface area contributed by atoms with Crippen molar-refractivity contribution in [1.29, 1.82) is 0 Å². The van der Waals surface area contributed by atoms with E-state index in [1.807, 2.05) is 0 Å². The molecule has 2 aromatic rings. The lowest BCUT2D eigenvalue weighted by atomic mass is 10.1. The smallest absolute Gasteiger partial charge is 0.288 e. The summed E-state index contributed by atoms with van der Waals surface area (Å²) in [6.45, 7) is 0. The van der Waals surface area contributed by atoms with Crippen molar-refractivity contribution < 1.29 is 8.78 Å². The van der Waals surface area contributed by atoms with Crippen molar-refractivity contribution in [3.05, 3.63) is 42.6 Å². The van der Waals surface area contributed by atoms with Crippen LogP contribution in [-0.4, -0.2) is 10.7 Å². The van der Waals surface area contributed by atoms with Crippen LogP contribution < -0.4 is 5.73 Å². The molecule has 0 atom stereocenters. The minimum atomic E-state index is -2.39. The molecule has 1 heterocycles. The standard InChI is InChI=1S/C12H10F2N2S/c13-12(14)17-10-4-1-8(2-5-10)11-6-3-9(15)7-16-11/h1-7,12H,15H2. The molecular weight excluding hydrogens is 242 g/mol. The third-order valence-electron chi connectivity index (χ3n) is 2.16. The van der Waals surface area contributed by atoms with Crippen molar-refractivity contribution in [2.75, 3.05) is 5.73 Å². The van der Waals surface area contributed by atoms with Crippen LogP contribution in [0.4, 0.5) is 14.5 Å². The van der Waals surface area contributed by atoms with E-state index in [-0.39, 0.29) is 0 Å². The summed E-state index contributed by atoms with van der Waals surface area (Å²) in [5, 5.41) is 0. The van der Waals surface area contributed by atoms with Gasteiger partial charge in [-0.2, -0.15) is 8.78 Å². The highest BCUT2D eigenvalue weighted by Gasteiger charge is 2.05. The molecule has 0 radical (unpaired) electrons. The summed E-state index contributed by atoms with van der Waals surface area (Å²) in [5.41, 5.74) is 7.78. The Balaban J connectivity index is 2.20. The first kappa shape index (κ1) is 11.9. The van der Waals surface area contributed by atoms with Crippen LogP contribution in [0.2, 0.25) is 0 Å². The van der Waals surface area contributed by atoms with Crippen LogP contribution in [0.3, 0.4) is 0 Å². The van der Waals surface area contributed by atoms with Gasteiger partial charge < -0.3 is 5.73 Å². The summed E-state index contributed by atoms with van der Waals surface area (Å²) in [4.78, 5) is 4.70. The third-order valence-corrected chi connectivity index (χ3v) is 2.88. The van der Waals surface area contributed by atoms with Gasteiger partial charge in [0.2, 0.25) is 0 Å². The predicted octanol–water partition coefficient (Wildman–Crippen LogP) is 3.65. The largest absolute Gasteiger partial charge is 0.397 e. The molecule has 2 rings (SSSR count). The second kappa shape index (κ2) is 5.14. The Labute approximate surface area is 102 Å². The molecule has 0 saturated carbocycles. The zero-order valence-electron chi connectivity index (χ0n) is 8.81. The fourth-order valence-corrected chi connectivity index (χ4v) is 1.88. The number of halogens is 2. The maximum absolute atomic E-state index is 12.1. The van der Waals surface area contributed by atoms with Crippen LogP contribution in [-0.2, 0) is 0 Å². The Kier molecular flexibility index (Phi) is 3.58. The molecule has 0 bridgehead atoms. The molecule has 0 saturated heterocycles. The van der Waals surface area contributed by atoms with Crippen LogP contribution in [0.5, 0.6) is 0 Å². The van der Waals surface area contributed by atoms with Crippen LogP contribution in [0.1, 0.15) is 0 Å². The molecule has 2 nitrogen and oxygen atoms in total. The van der Waals surface area contributed by atoms with Crippen molar-refractivity contribution in [3.63, 3.8) is 0 Å². The van der Waals surface area contributed by atoms with Gasteiger partial charge in [-0.15, -0.1) is 0 Å². The fourth-order valence-electron chi connectivity index (χ4n) is 1.38. The molecular formula is C12H10F2N2S. The number of aromatic nitrogens is 1. The zero-order chi connectivity index (χ0) is 12.3. The van der Waals surface area contributed by atoms with Crippen molar-refractivity contribution in [3.8, 4) is 11.3 Å². The molecule has 0 amide bonds. The topological polar surface area (TPSA) is 38.9 Å². The summed E-state index contributed by atoms with van der Waals surface area (Å²) < 4.78 is 24.3. The van der Waals surface area contributed by atoms with Crippen LogP contribution in [0.25, 0.3) is 11.3 Å². The van der Waals surface area contributed by atoms with Gasteiger partial charge in [0.05, 0.1) is 17.6 Å². The third kappa shape index (κ3) is 3.17. The van der Waals surface area contributed by atoms with E-state index in [1.54, 1.807) is 42.6 Å². The lowest BCUT2D eigenvalue weighted by Crippen LogP contribution is -1.88. The monoisotopic (exact) mass is 252 g/mol. The quantitative estimate of drug-likeness (QED) is 0.847. The predicted molar refractivity (Wildman–Crippen MR) is 65.9 cm³/mol. The van der Waals surface area contributed by atoms with Crippen molar-refractivity contribution >= 4 is 17.4 Å². The second-order valence-electron chi connectivity index (χ2n) is 3.38. The van der Waals surface area contributed by atoms with E-state index in [1.165, 1.54) is 0 Å². The van der Waals surface area contributed by atoms with Crippen LogP contribution in [0.15, 0.2) is 47.5 Å². The molecule has 17 heavy (non-hydrogen) atoms. The molecule has 0 unspecified atom stereocenters. The number of nitrogens with two attached hydrogens (primary N) is 1. The van der Waals surface area contributed by atoms with Gasteiger partial charge in [0.1, 0.15) is 0 Å². The molecule has 0 aliphatic heterocycles. The molecule has 0 fully saturated rings. The van der Waals surface area contributed by atoms with Gasteiger partial charge in [-0.05, 0) is 24.3 Å². The van der Waals surface area contributed by atoms with Gasteiger partial charge in [0.15, 0.2) is 0 Å². The van der Waals surface area contributed by atoms with Gasteiger partial charge in [-0.3, -0.25) is 4.98 Å². The van der Waals surface area contributed by atoms with Gasteiger partial charge >= 0.3 is 0 Å². The summed E-state index contributed by atoms with van der Waals surface area (Å²) >= 11 is 0.531. The van der Waals surface area contributed by atoms with Crippen molar-refractivity contribution in [2.45, 2.75) is 10.7 Å². The molecule has 0 aliphatic carbocycles. The number of anilines is 1. The van der Waals surface area contributed by atoms with Gasteiger partial charge in [-0.1, -0.05) is 23.9 Å². The summed E-state index contributed by atoms with van der Waals surface area (Å²) in [7, 11) is 0. The molecule has 1 aromatic carbocycles. The van der Waals surface area contributed by atoms with E-state index < -0.39 is 5.76 Å². The van der Waals surface area contributed by atoms with E-state index in [0.29, 0.717) is 22.3 Å². The Morgan fingerprint density at radius 3 is 2.29 bits per heavy atom. The van der Waals surface area contributed by atoms with Gasteiger partial charge in [0, 0.05) is 10.5 Å². The Morgan fingerprint density at radius 1 is 1.06 bits per heavy atom. The minimum Gasteiger partial charge on any atom is -0.397 e. The van der Waals surface area contributed by atoms with E-state index in [9.17, 15) is 8.78 Å². The number of hydrogen-bond acceptors (Lipinski definition) is 3. The maximum Gasteiger partial charge on any atom is 0.288 e. The fraction of sp³-hybridized carbons (Fsp3) is 0.0833. The Hall–Kier alpha value is -1.62. The van der Waals surface area contributed by atoms with Crippen LogP contribution >= 0.6 is 11.8 Å². The highest BCUT2D eigenvalue weighted by atomic mass is 32.2. The number of pyridine rings is 1. The highest BCUT2D eigenvalue weighted by molar-refractivity contribution is 7.99. The minimum absolute atomic E-state index is 0.531. The molecule has 5 heteroatoms. The molecule has 1 aromatic heterocycles. The average molecular weight is 252 g/mol. The molecule has 88 valence electrons. The summed E-state index contributed by atoms with van der Waals surface area (Å²) in [6, 6.07) is 10.4. The Bertz CT molecular complexity index is 483. The highest BCUT2D eigenvalue weighted by Crippen LogP contribution is 2.27. The lowest BCUT2D eigenvalue weighted by molar-refractivity contribution is 0.252. The Morgan fingerprint density at radius 2 is 1.76 bits per heavy atom. The number of hydrogen-bond donors (Lipinski definition) is 1. The van der Waals surface area contributed by atoms with Gasteiger partial charge in [0.25, 0.3) is 5.76 Å². The van der Waals surface area contributed by atoms with Crippen molar-refractivity contribution in [1.82, 2.24) is 4.98 Å². The first-order valence-corrected chi connectivity index (χ1v) is 5.80. The first-order chi connectivity index (χ1) is 8.15. The molecule has 0 spiro atoms. The number of nitrogen functional groups attached to an aromatic ring is 1. The molecule has 0 aliphatic rings. The zero-order valence-corrected chi connectivity index (χ0v) is 9.62. The lowest BCUT2D eigenvalue weighted by Gasteiger charge is -2.03. The van der Waals surface area contributed by atoms with Crippen LogP contribution in [0, 0.1) is 0 Å². The number of benzene rings is 1. The van der Waals surface area contributed by atoms with E-state index in [2.05, 4.69) is 4.98 Å². The first-order valence-electron chi connectivity index (χ1n) is 4.92. The number of thioether (sulfide) groups is 1. The van der Waals surface area contributed by atoms with Gasteiger partial charge in [-0.25, -0.2) is 0 Å². The van der Waals surface area contributed by atoms with E-state index in [0.717, 1.165) is 11.3 Å². The number of rotatable bonds is 3. The number of nitrogens with zero attached hydrogens (tertiary/aromatic N) is 1. The maximum atomic E-state index is 12.1. The SMILES string of the molecule is Nc1ccc(-c2ccc(SC(F)F)cc2)nc1. The molecule has 2 N–H and O–H groups in total. The number of alkyl halides is 2. The average Bonchev–Trinajstić information content (AvgIpc) is 2.30. The van der Waals surface area contributed by atoms with E-state index >= 15 is 0 Å².